The lowest BCUT2D eigenvalue weighted by Crippen LogP contribution is -2.58. The fourth-order valence-corrected chi connectivity index (χ4v) is 5.32. The summed E-state index contributed by atoms with van der Waals surface area (Å²) in [6.07, 6.45) is 1.47. The summed E-state index contributed by atoms with van der Waals surface area (Å²) in [4.78, 5) is 35.3. The maximum atomic E-state index is 14.3. The first-order chi connectivity index (χ1) is 14.2. The summed E-state index contributed by atoms with van der Waals surface area (Å²) in [5.74, 6) is -5.99. The Bertz CT molecular complexity index is 980. The summed E-state index contributed by atoms with van der Waals surface area (Å²) in [7, 11) is 0. The van der Waals surface area contributed by atoms with Gasteiger partial charge in [-0.15, -0.1) is 11.3 Å². The number of piperidine rings is 1. The molecule has 3 fully saturated rings. The smallest absolute Gasteiger partial charge is 0.349 e. The molecule has 1 saturated heterocycles. The minimum absolute atomic E-state index is 0.116. The summed E-state index contributed by atoms with van der Waals surface area (Å²) in [5, 5.41) is 13.1. The van der Waals surface area contributed by atoms with Crippen molar-refractivity contribution in [3.63, 3.8) is 0 Å². The second-order valence-electron chi connectivity index (χ2n) is 9.10. The number of aliphatic hydroxyl groups is 1. The number of aliphatic hydroxyl groups excluding tert-OH is 1. The molecule has 2 saturated carbocycles. The number of amides is 2. The third-order valence-electron chi connectivity index (χ3n) is 6.49. The summed E-state index contributed by atoms with van der Waals surface area (Å²) >= 11 is 1.47. The maximum Gasteiger partial charge on any atom is 0.349 e. The molecule has 10 heteroatoms. The van der Waals surface area contributed by atoms with Crippen LogP contribution in [0.4, 0.5) is 8.78 Å². The molecule has 3 aliphatic rings. The molecule has 2 aliphatic carbocycles. The SMILES string of the molecule is Cc1nc2cc(C(=O)N3CC(NC(=O)C(F)(F)C(O)C4CC4)CC4(CC4)C3)[nH]c2s1. The zero-order chi connectivity index (χ0) is 21.3. The van der Waals surface area contributed by atoms with Gasteiger partial charge in [0.05, 0.1) is 5.01 Å². The molecule has 162 valence electrons. The van der Waals surface area contributed by atoms with Crippen LogP contribution in [-0.4, -0.2) is 62.9 Å². The first-order valence-corrected chi connectivity index (χ1v) is 11.1. The molecule has 3 N–H and O–H groups in total. The van der Waals surface area contributed by atoms with E-state index < -0.39 is 29.9 Å². The van der Waals surface area contributed by atoms with Crippen LogP contribution >= 0.6 is 11.3 Å². The third kappa shape index (κ3) is 3.49. The van der Waals surface area contributed by atoms with Crippen LogP contribution in [0.3, 0.4) is 0 Å². The minimum Gasteiger partial charge on any atom is -0.386 e. The van der Waals surface area contributed by atoms with E-state index >= 15 is 0 Å². The van der Waals surface area contributed by atoms with E-state index in [1.165, 1.54) is 11.3 Å². The number of aryl methyl sites for hydroxylation is 1. The van der Waals surface area contributed by atoms with E-state index in [9.17, 15) is 23.5 Å². The van der Waals surface area contributed by atoms with E-state index in [2.05, 4.69) is 15.3 Å². The van der Waals surface area contributed by atoms with Crippen LogP contribution in [0.1, 0.15) is 47.6 Å². The Balaban J connectivity index is 1.30. The number of nitrogens with zero attached hydrogens (tertiary/aromatic N) is 2. The number of aromatic amines is 1. The van der Waals surface area contributed by atoms with Crippen LogP contribution < -0.4 is 5.32 Å². The fourth-order valence-electron chi connectivity index (χ4n) is 4.51. The lowest BCUT2D eigenvalue weighted by Gasteiger charge is -2.39. The summed E-state index contributed by atoms with van der Waals surface area (Å²) in [6, 6.07) is 1.15. The van der Waals surface area contributed by atoms with Crippen LogP contribution in [0.2, 0.25) is 0 Å². The Hall–Kier alpha value is -2.07. The fraction of sp³-hybridized carbons (Fsp3) is 0.650. The number of H-pyrrole nitrogens is 1. The molecule has 3 heterocycles. The molecule has 2 atom stereocenters. The van der Waals surface area contributed by atoms with Crippen LogP contribution in [0, 0.1) is 18.3 Å². The average molecular weight is 439 g/mol. The quantitative estimate of drug-likeness (QED) is 0.668. The molecule has 0 aromatic carbocycles. The number of hydrogen-bond donors (Lipinski definition) is 3. The topological polar surface area (TPSA) is 98.3 Å². The number of likely N-dealkylation sites (tertiary alicyclic amines) is 1. The van der Waals surface area contributed by atoms with Crippen molar-refractivity contribution in [1.29, 1.82) is 0 Å². The number of thiazole rings is 1. The van der Waals surface area contributed by atoms with Gasteiger partial charge in [-0.2, -0.15) is 8.78 Å². The van der Waals surface area contributed by atoms with E-state index in [0.717, 1.165) is 28.2 Å². The highest BCUT2D eigenvalue weighted by Crippen LogP contribution is 2.52. The van der Waals surface area contributed by atoms with Crippen molar-refractivity contribution in [2.24, 2.45) is 11.3 Å². The van der Waals surface area contributed by atoms with Crippen molar-refractivity contribution in [1.82, 2.24) is 20.2 Å². The van der Waals surface area contributed by atoms with Crippen LogP contribution in [-0.2, 0) is 4.79 Å². The normalized spacial score (nSPS) is 24.3. The molecule has 2 aromatic rings. The Morgan fingerprint density at radius 3 is 2.80 bits per heavy atom. The molecule has 0 bridgehead atoms. The van der Waals surface area contributed by atoms with E-state index in [0.29, 0.717) is 31.5 Å². The Kier molecular flexibility index (Phi) is 4.45. The average Bonchev–Trinajstić information content (AvgIpc) is 3.59. The number of fused-ring (bicyclic) bond motifs is 1. The Morgan fingerprint density at radius 2 is 2.17 bits per heavy atom. The lowest BCUT2D eigenvalue weighted by atomic mass is 9.90. The molecule has 7 nitrogen and oxygen atoms in total. The largest absolute Gasteiger partial charge is 0.386 e. The van der Waals surface area contributed by atoms with Crippen molar-refractivity contribution in [3.8, 4) is 0 Å². The van der Waals surface area contributed by atoms with Crippen molar-refractivity contribution in [2.45, 2.75) is 57.1 Å². The Morgan fingerprint density at radius 1 is 1.43 bits per heavy atom. The highest BCUT2D eigenvalue weighted by atomic mass is 32.1. The molecule has 2 aromatic heterocycles. The van der Waals surface area contributed by atoms with Crippen molar-refractivity contribution in [3.05, 3.63) is 16.8 Å². The van der Waals surface area contributed by atoms with Gasteiger partial charge < -0.3 is 20.3 Å². The highest BCUT2D eigenvalue weighted by Gasteiger charge is 2.55. The summed E-state index contributed by atoms with van der Waals surface area (Å²) < 4.78 is 28.7. The number of alkyl halides is 2. The van der Waals surface area contributed by atoms with Gasteiger partial charge in [-0.3, -0.25) is 9.59 Å². The van der Waals surface area contributed by atoms with E-state index in [1.54, 1.807) is 11.0 Å². The number of nitrogens with one attached hydrogen (secondary N) is 2. The Labute approximate surface area is 175 Å². The molecule has 2 amide bonds. The van der Waals surface area contributed by atoms with Gasteiger partial charge in [-0.25, -0.2) is 4.98 Å². The van der Waals surface area contributed by atoms with Crippen molar-refractivity contribution >= 4 is 33.5 Å². The number of hydrogen-bond acceptors (Lipinski definition) is 5. The van der Waals surface area contributed by atoms with Gasteiger partial charge in [0, 0.05) is 19.1 Å². The zero-order valence-electron chi connectivity index (χ0n) is 16.6. The summed E-state index contributed by atoms with van der Waals surface area (Å²) in [6.45, 7) is 2.62. The highest BCUT2D eigenvalue weighted by molar-refractivity contribution is 7.18. The van der Waals surface area contributed by atoms with E-state index in [1.807, 2.05) is 6.92 Å². The van der Waals surface area contributed by atoms with Gasteiger partial charge in [0.1, 0.15) is 22.1 Å². The van der Waals surface area contributed by atoms with Crippen LogP contribution in [0.15, 0.2) is 6.07 Å². The van der Waals surface area contributed by atoms with Gasteiger partial charge in [0.2, 0.25) is 0 Å². The molecule has 0 radical (unpaired) electrons. The maximum absolute atomic E-state index is 14.3. The number of rotatable bonds is 5. The van der Waals surface area contributed by atoms with Crippen LogP contribution in [0.5, 0.6) is 0 Å². The predicted molar refractivity (Wildman–Crippen MR) is 107 cm³/mol. The van der Waals surface area contributed by atoms with E-state index in [4.69, 9.17) is 0 Å². The second-order valence-corrected chi connectivity index (χ2v) is 10.3. The second kappa shape index (κ2) is 6.71. The first-order valence-electron chi connectivity index (χ1n) is 10.3. The summed E-state index contributed by atoms with van der Waals surface area (Å²) in [5.41, 5.74) is 1.04. The van der Waals surface area contributed by atoms with Gasteiger partial charge in [-0.05, 0) is 56.4 Å². The molecular formula is C20H24F2N4O3S. The van der Waals surface area contributed by atoms with Gasteiger partial charge in [0.15, 0.2) is 0 Å². The molecule has 5 rings (SSSR count). The molecule has 30 heavy (non-hydrogen) atoms. The van der Waals surface area contributed by atoms with Gasteiger partial charge in [0.25, 0.3) is 11.8 Å². The molecule has 1 spiro atoms. The van der Waals surface area contributed by atoms with Gasteiger partial charge in [-0.1, -0.05) is 0 Å². The van der Waals surface area contributed by atoms with E-state index in [-0.39, 0.29) is 17.9 Å². The minimum atomic E-state index is -3.82. The standard InChI is InChI=1S/C20H24F2N4O3S/c1-10-23-13-6-14(25-16(13)30-10)17(28)26-8-12(7-19(9-26)4-5-19)24-18(29)20(21,22)15(27)11-2-3-11/h6,11-12,15,25,27H,2-5,7-9H2,1H3,(H,24,29). The third-order valence-corrected chi connectivity index (χ3v) is 7.39. The number of carbonyl (C=O) groups is 2. The van der Waals surface area contributed by atoms with Gasteiger partial charge >= 0.3 is 5.92 Å². The lowest BCUT2D eigenvalue weighted by molar-refractivity contribution is -0.167. The van der Waals surface area contributed by atoms with Crippen LogP contribution in [0.25, 0.3) is 10.3 Å². The monoisotopic (exact) mass is 438 g/mol. The zero-order valence-corrected chi connectivity index (χ0v) is 17.4. The first kappa shape index (κ1) is 19.9. The predicted octanol–water partition coefficient (Wildman–Crippen LogP) is 2.45. The number of aromatic nitrogens is 2. The molecule has 1 aliphatic heterocycles. The molecule has 2 unspecified atom stereocenters. The molecular weight excluding hydrogens is 414 g/mol. The van der Waals surface area contributed by atoms with Crippen molar-refractivity contribution in [2.75, 3.05) is 13.1 Å². The number of halogens is 2. The van der Waals surface area contributed by atoms with Crippen molar-refractivity contribution < 1.29 is 23.5 Å². The number of carbonyl (C=O) groups excluding carboxylic acids is 2.